The predicted octanol–water partition coefficient (Wildman–Crippen LogP) is 3.91. The van der Waals surface area contributed by atoms with Crippen molar-refractivity contribution in [2.24, 2.45) is 5.41 Å². The lowest BCUT2D eigenvalue weighted by Gasteiger charge is -2.24. The van der Waals surface area contributed by atoms with Gasteiger partial charge < -0.3 is 10.1 Å². The molecule has 112 valence electrons. The van der Waals surface area contributed by atoms with E-state index in [0.29, 0.717) is 6.04 Å². The molecule has 0 spiro atoms. The van der Waals surface area contributed by atoms with E-state index < -0.39 is 6.36 Å². The number of benzene rings is 1. The number of halogens is 3. The molecule has 1 aromatic carbocycles. The summed E-state index contributed by atoms with van der Waals surface area (Å²) >= 11 is 0. The Morgan fingerprint density at radius 1 is 1.25 bits per heavy atom. The fourth-order valence-corrected chi connectivity index (χ4v) is 2.66. The van der Waals surface area contributed by atoms with Gasteiger partial charge in [0.05, 0.1) is 0 Å². The van der Waals surface area contributed by atoms with Crippen molar-refractivity contribution < 1.29 is 17.9 Å². The monoisotopic (exact) mass is 287 g/mol. The van der Waals surface area contributed by atoms with E-state index in [1.807, 2.05) is 0 Å². The third-order valence-electron chi connectivity index (χ3n) is 4.03. The molecule has 0 aliphatic heterocycles. The second kappa shape index (κ2) is 5.64. The molecule has 1 aromatic rings. The van der Waals surface area contributed by atoms with Crippen LogP contribution in [-0.4, -0.2) is 18.9 Å². The van der Waals surface area contributed by atoms with Gasteiger partial charge in [0, 0.05) is 6.04 Å². The van der Waals surface area contributed by atoms with E-state index in [0.717, 1.165) is 18.5 Å². The fourth-order valence-electron chi connectivity index (χ4n) is 2.66. The third kappa shape index (κ3) is 3.88. The van der Waals surface area contributed by atoms with Crippen LogP contribution in [0.2, 0.25) is 0 Å². The average Bonchev–Trinajstić information content (AvgIpc) is 3.11. The second-order valence-electron chi connectivity index (χ2n) is 5.51. The first-order valence-corrected chi connectivity index (χ1v) is 6.93. The summed E-state index contributed by atoms with van der Waals surface area (Å²) in [6, 6.07) is 6.64. The summed E-state index contributed by atoms with van der Waals surface area (Å²) in [6.45, 7) is 5.19. The smallest absolute Gasteiger partial charge is 0.406 e. The summed E-state index contributed by atoms with van der Waals surface area (Å²) in [4.78, 5) is 0. The molecule has 0 bridgehead atoms. The van der Waals surface area contributed by atoms with Gasteiger partial charge in [-0.2, -0.15) is 0 Å². The summed E-state index contributed by atoms with van der Waals surface area (Å²) in [5, 5.41) is 3.44. The average molecular weight is 287 g/mol. The molecule has 1 fully saturated rings. The van der Waals surface area contributed by atoms with E-state index in [1.54, 1.807) is 12.1 Å². The fraction of sp³-hybridized carbons (Fsp3) is 0.600. The van der Waals surface area contributed by atoms with Crippen LogP contribution in [0, 0.1) is 5.41 Å². The minimum Gasteiger partial charge on any atom is -0.406 e. The Hall–Kier alpha value is -1.23. The lowest BCUT2D eigenvalue weighted by molar-refractivity contribution is -0.274. The zero-order valence-electron chi connectivity index (χ0n) is 11.8. The Bertz CT molecular complexity index is 437. The highest BCUT2D eigenvalue weighted by atomic mass is 19.4. The summed E-state index contributed by atoms with van der Waals surface area (Å²) < 4.78 is 40.1. The number of hydrogen-bond donors (Lipinski definition) is 1. The lowest BCUT2D eigenvalue weighted by Crippen LogP contribution is -2.35. The minimum atomic E-state index is -4.63. The van der Waals surface area contributed by atoms with Crippen molar-refractivity contribution in [1.29, 1.82) is 0 Å². The van der Waals surface area contributed by atoms with Gasteiger partial charge in [0.15, 0.2) is 0 Å². The minimum absolute atomic E-state index is 0.161. The zero-order chi connectivity index (χ0) is 14.8. The van der Waals surface area contributed by atoms with Gasteiger partial charge in [-0.3, -0.25) is 0 Å². The molecule has 0 saturated heterocycles. The molecule has 1 unspecified atom stereocenters. The normalized spacial score (nSPS) is 18.6. The van der Waals surface area contributed by atoms with Gasteiger partial charge >= 0.3 is 6.36 Å². The first kappa shape index (κ1) is 15.2. The van der Waals surface area contributed by atoms with Crippen LogP contribution in [0.1, 0.15) is 32.3 Å². The topological polar surface area (TPSA) is 21.3 Å². The van der Waals surface area contributed by atoms with Gasteiger partial charge in [-0.05, 0) is 55.8 Å². The summed E-state index contributed by atoms with van der Waals surface area (Å²) in [6.07, 6.45) is -1.39. The van der Waals surface area contributed by atoms with Gasteiger partial charge in [0.1, 0.15) is 5.75 Å². The van der Waals surface area contributed by atoms with Crippen LogP contribution in [0.3, 0.4) is 0 Å². The molecule has 0 aromatic heterocycles. The van der Waals surface area contributed by atoms with Crippen molar-refractivity contribution in [3.8, 4) is 5.75 Å². The molecule has 5 heteroatoms. The van der Waals surface area contributed by atoms with Crippen LogP contribution in [-0.2, 0) is 6.42 Å². The number of ether oxygens (including phenoxy) is 1. The number of rotatable bonds is 6. The molecule has 2 nitrogen and oxygen atoms in total. The maximum absolute atomic E-state index is 12.1. The van der Waals surface area contributed by atoms with E-state index in [9.17, 15) is 13.2 Å². The molecular formula is C15H20F3NO. The summed E-state index contributed by atoms with van der Waals surface area (Å²) in [5.41, 5.74) is 1.32. The molecule has 20 heavy (non-hydrogen) atoms. The van der Waals surface area contributed by atoms with Gasteiger partial charge in [0.25, 0.3) is 0 Å². The number of alkyl halides is 3. The maximum atomic E-state index is 12.1. The molecule has 1 N–H and O–H groups in total. The van der Waals surface area contributed by atoms with Crippen LogP contribution < -0.4 is 10.1 Å². The van der Waals surface area contributed by atoms with Gasteiger partial charge in [-0.1, -0.05) is 19.1 Å². The van der Waals surface area contributed by atoms with E-state index >= 15 is 0 Å². The molecule has 1 atom stereocenters. The highest BCUT2D eigenvalue weighted by Crippen LogP contribution is 2.51. The van der Waals surface area contributed by atoms with Crippen LogP contribution >= 0.6 is 0 Å². The zero-order valence-corrected chi connectivity index (χ0v) is 11.8. The van der Waals surface area contributed by atoms with Crippen molar-refractivity contribution in [2.45, 2.75) is 45.5 Å². The van der Waals surface area contributed by atoms with Gasteiger partial charge in [-0.15, -0.1) is 13.2 Å². The first-order chi connectivity index (χ1) is 9.35. The first-order valence-electron chi connectivity index (χ1n) is 6.93. The summed E-state index contributed by atoms with van der Waals surface area (Å²) in [7, 11) is 0. The Balaban J connectivity index is 1.97. The Morgan fingerprint density at radius 3 is 2.30 bits per heavy atom. The van der Waals surface area contributed by atoms with Crippen LogP contribution in [0.25, 0.3) is 0 Å². The second-order valence-corrected chi connectivity index (χ2v) is 5.51. The quantitative estimate of drug-likeness (QED) is 0.856. The van der Waals surface area contributed by atoms with Crippen LogP contribution in [0.5, 0.6) is 5.75 Å². The van der Waals surface area contributed by atoms with Crippen molar-refractivity contribution in [3.63, 3.8) is 0 Å². The third-order valence-corrected chi connectivity index (χ3v) is 4.03. The predicted molar refractivity (Wildman–Crippen MR) is 71.6 cm³/mol. The molecular weight excluding hydrogens is 267 g/mol. The Labute approximate surface area is 117 Å². The van der Waals surface area contributed by atoms with E-state index in [2.05, 4.69) is 23.9 Å². The van der Waals surface area contributed by atoms with Crippen molar-refractivity contribution >= 4 is 0 Å². The standard InChI is InChI=1S/C15H20F3NO/c1-3-19-11(2)14(8-9-14)10-12-4-6-13(7-5-12)20-15(16,17)18/h4-7,11,19H,3,8-10H2,1-2H3. The number of nitrogens with one attached hydrogen (secondary N) is 1. The molecule has 1 saturated carbocycles. The van der Waals surface area contributed by atoms with E-state index in [-0.39, 0.29) is 11.2 Å². The Morgan fingerprint density at radius 2 is 1.85 bits per heavy atom. The molecule has 0 amide bonds. The lowest BCUT2D eigenvalue weighted by atomic mass is 9.90. The highest BCUT2D eigenvalue weighted by molar-refractivity contribution is 5.29. The highest BCUT2D eigenvalue weighted by Gasteiger charge is 2.46. The maximum Gasteiger partial charge on any atom is 0.573 e. The van der Waals surface area contributed by atoms with Crippen molar-refractivity contribution in [2.75, 3.05) is 6.54 Å². The van der Waals surface area contributed by atoms with Crippen molar-refractivity contribution in [1.82, 2.24) is 5.32 Å². The largest absolute Gasteiger partial charge is 0.573 e. The van der Waals surface area contributed by atoms with Crippen LogP contribution in [0.15, 0.2) is 24.3 Å². The molecule has 1 aliphatic rings. The number of hydrogen-bond acceptors (Lipinski definition) is 2. The summed E-state index contributed by atoms with van der Waals surface area (Å²) in [5.74, 6) is -0.161. The van der Waals surface area contributed by atoms with E-state index in [4.69, 9.17) is 0 Å². The van der Waals surface area contributed by atoms with Crippen LogP contribution in [0.4, 0.5) is 13.2 Å². The molecule has 0 radical (unpaired) electrons. The van der Waals surface area contributed by atoms with Gasteiger partial charge in [-0.25, -0.2) is 0 Å². The SMILES string of the molecule is CCNC(C)C1(Cc2ccc(OC(F)(F)F)cc2)CC1. The van der Waals surface area contributed by atoms with E-state index in [1.165, 1.54) is 25.0 Å². The molecule has 2 rings (SSSR count). The molecule has 1 aliphatic carbocycles. The molecule has 0 heterocycles. The van der Waals surface area contributed by atoms with Crippen molar-refractivity contribution in [3.05, 3.63) is 29.8 Å². The van der Waals surface area contributed by atoms with Gasteiger partial charge in [0.2, 0.25) is 0 Å². The Kier molecular flexibility index (Phi) is 4.28.